The molecule has 39 heavy (non-hydrogen) atoms. The Kier molecular flexibility index (Phi) is 6.20. The molecule has 0 amide bonds. The van der Waals surface area contributed by atoms with Gasteiger partial charge in [-0.15, -0.1) is 0 Å². The van der Waals surface area contributed by atoms with Crippen LogP contribution in [0.1, 0.15) is 6.92 Å². The first-order valence-electron chi connectivity index (χ1n) is 13.0. The maximum Gasteiger partial charge on any atom is 0.221 e. The third kappa shape index (κ3) is 4.07. The van der Waals surface area contributed by atoms with E-state index in [2.05, 4.69) is 71.4 Å². The highest BCUT2D eigenvalue weighted by atomic mass is 16.5. The van der Waals surface area contributed by atoms with Crippen molar-refractivity contribution in [3.05, 3.63) is 91.1 Å². The van der Waals surface area contributed by atoms with Crippen LogP contribution in [0.5, 0.6) is 23.0 Å². The van der Waals surface area contributed by atoms with Gasteiger partial charge in [-0.25, -0.2) is 0 Å². The molecule has 1 N–H and O–H groups in total. The molecule has 5 heteroatoms. The summed E-state index contributed by atoms with van der Waals surface area (Å²) >= 11 is 0. The number of hydrogen-bond donors (Lipinski definition) is 1. The molecule has 0 saturated carbocycles. The van der Waals surface area contributed by atoms with Crippen molar-refractivity contribution in [3.8, 4) is 45.3 Å². The molecule has 0 unspecified atom stereocenters. The van der Waals surface area contributed by atoms with E-state index in [4.69, 9.17) is 14.2 Å². The summed E-state index contributed by atoms with van der Waals surface area (Å²) in [5, 5.41) is 15.8. The summed E-state index contributed by atoms with van der Waals surface area (Å²) in [5.74, 6) is 1.97. The molecule has 0 radical (unpaired) electrons. The molecule has 0 fully saturated rings. The van der Waals surface area contributed by atoms with E-state index >= 15 is 0 Å². The fourth-order valence-corrected chi connectivity index (χ4v) is 5.56. The van der Waals surface area contributed by atoms with Gasteiger partial charge in [0, 0.05) is 5.39 Å². The molecule has 194 valence electrons. The number of phenols is 1. The van der Waals surface area contributed by atoms with Crippen molar-refractivity contribution in [2.24, 2.45) is 7.05 Å². The number of rotatable bonds is 6. The molecule has 1 heterocycles. The lowest BCUT2D eigenvalue weighted by Crippen LogP contribution is -2.29. The molecule has 6 rings (SSSR count). The monoisotopic (exact) mass is 516 g/mol. The van der Waals surface area contributed by atoms with Gasteiger partial charge >= 0.3 is 0 Å². The minimum Gasteiger partial charge on any atom is -0.504 e. The Hall–Kier alpha value is -4.77. The van der Waals surface area contributed by atoms with E-state index in [1.54, 1.807) is 20.3 Å². The van der Waals surface area contributed by atoms with Gasteiger partial charge in [-0.3, -0.25) is 0 Å². The van der Waals surface area contributed by atoms with Crippen molar-refractivity contribution in [1.29, 1.82) is 0 Å². The number of pyridine rings is 1. The Labute approximate surface area is 227 Å². The molecule has 0 bridgehead atoms. The van der Waals surface area contributed by atoms with Gasteiger partial charge in [0.2, 0.25) is 5.52 Å². The van der Waals surface area contributed by atoms with Crippen LogP contribution in [0, 0.1) is 0 Å². The number of aromatic hydroxyl groups is 1. The Balaban J connectivity index is 1.72. The Morgan fingerprint density at radius 3 is 2.13 bits per heavy atom. The van der Waals surface area contributed by atoms with Crippen molar-refractivity contribution >= 4 is 32.4 Å². The van der Waals surface area contributed by atoms with E-state index in [1.165, 1.54) is 5.56 Å². The average molecular weight is 517 g/mol. The number of aryl methyl sites for hydroxylation is 1. The molecule has 0 saturated heterocycles. The second kappa shape index (κ2) is 9.84. The van der Waals surface area contributed by atoms with E-state index in [1.807, 2.05) is 32.2 Å². The highest BCUT2D eigenvalue weighted by molar-refractivity contribution is 6.21. The largest absolute Gasteiger partial charge is 0.504 e. The van der Waals surface area contributed by atoms with E-state index in [0.29, 0.717) is 23.9 Å². The molecule has 0 spiro atoms. The topological polar surface area (TPSA) is 51.8 Å². The van der Waals surface area contributed by atoms with E-state index in [0.717, 1.165) is 49.1 Å². The predicted octanol–water partition coefficient (Wildman–Crippen LogP) is 7.43. The lowest BCUT2D eigenvalue weighted by Gasteiger charge is -2.16. The van der Waals surface area contributed by atoms with Crippen molar-refractivity contribution < 1.29 is 23.9 Å². The number of phenolic OH excluding ortho intramolecular Hbond substituents is 1. The first-order valence-corrected chi connectivity index (χ1v) is 13.0. The Morgan fingerprint density at radius 1 is 0.718 bits per heavy atom. The van der Waals surface area contributed by atoms with Crippen LogP contribution in [0.4, 0.5) is 0 Å². The van der Waals surface area contributed by atoms with Gasteiger partial charge < -0.3 is 19.3 Å². The third-order valence-corrected chi connectivity index (χ3v) is 7.32. The molecule has 0 aliphatic heterocycles. The summed E-state index contributed by atoms with van der Waals surface area (Å²) in [6.45, 7) is 2.39. The number of benzene rings is 5. The lowest BCUT2D eigenvalue weighted by atomic mass is 9.91. The molecular formula is C34H30NO4+. The second-order valence-corrected chi connectivity index (χ2v) is 9.57. The number of nitrogens with zero attached hydrogens (tertiary/aromatic N) is 1. The second-order valence-electron chi connectivity index (χ2n) is 9.57. The van der Waals surface area contributed by atoms with Crippen LogP contribution >= 0.6 is 0 Å². The van der Waals surface area contributed by atoms with Crippen molar-refractivity contribution in [3.63, 3.8) is 0 Å². The van der Waals surface area contributed by atoms with Crippen molar-refractivity contribution in [1.82, 2.24) is 0 Å². The van der Waals surface area contributed by atoms with E-state index in [9.17, 15) is 5.11 Å². The van der Waals surface area contributed by atoms with Gasteiger partial charge in [0.15, 0.2) is 29.2 Å². The average Bonchev–Trinajstić information content (AvgIpc) is 2.97. The number of aromatic nitrogens is 1. The number of ether oxygens (including phenoxy) is 3. The third-order valence-electron chi connectivity index (χ3n) is 7.32. The van der Waals surface area contributed by atoms with Crippen LogP contribution < -0.4 is 18.8 Å². The zero-order valence-corrected chi connectivity index (χ0v) is 22.5. The fraction of sp³-hybridized carbons (Fsp3) is 0.147. The van der Waals surface area contributed by atoms with Crippen LogP contribution in [0.3, 0.4) is 0 Å². The molecule has 0 aliphatic rings. The Morgan fingerprint density at radius 2 is 1.44 bits per heavy atom. The molecular weight excluding hydrogens is 486 g/mol. The van der Waals surface area contributed by atoms with Gasteiger partial charge in [-0.05, 0) is 64.9 Å². The van der Waals surface area contributed by atoms with Gasteiger partial charge in [0.1, 0.15) is 7.05 Å². The first kappa shape index (κ1) is 24.6. The van der Waals surface area contributed by atoms with Crippen LogP contribution in [-0.4, -0.2) is 25.9 Å². The summed E-state index contributed by atoms with van der Waals surface area (Å²) in [6.07, 6.45) is 2.06. The zero-order valence-electron chi connectivity index (χ0n) is 22.5. The number of methoxy groups -OCH3 is 2. The highest BCUT2D eigenvalue weighted by Crippen LogP contribution is 2.44. The minimum atomic E-state index is 0.123. The quantitative estimate of drug-likeness (QED) is 0.185. The summed E-state index contributed by atoms with van der Waals surface area (Å²) in [5.41, 5.74) is 5.52. The highest BCUT2D eigenvalue weighted by Gasteiger charge is 2.24. The maximum absolute atomic E-state index is 10.8. The summed E-state index contributed by atoms with van der Waals surface area (Å²) in [7, 11) is 5.34. The van der Waals surface area contributed by atoms with Crippen LogP contribution in [-0.2, 0) is 7.05 Å². The molecule has 5 aromatic carbocycles. The van der Waals surface area contributed by atoms with Crippen LogP contribution in [0.2, 0.25) is 0 Å². The van der Waals surface area contributed by atoms with E-state index < -0.39 is 0 Å². The molecule has 6 aromatic rings. The number of fused-ring (bicyclic) bond motifs is 5. The maximum atomic E-state index is 10.8. The van der Waals surface area contributed by atoms with Crippen molar-refractivity contribution in [2.75, 3.05) is 20.8 Å². The van der Waals surface area contributed by atoms with Gasteiger partial charge in [0.05, 0.1) is 37.0 Å². The first-order chi connectivity index (χ1) is 19.0. The van der Waals surface area contributed by atoms with Gasteiger partial charge in [0.25, 0.3) is 0 Å². The zero-order chi connectivity index (χ0) is 27.1. The van der Waals surface area contributed by atoms with Crippen LogP contribution in [0.25, 0.3) is 54.7 Å². The molecule has 5 nitrogen and oxygen atoms in total. The molecule has 1 aromatic heterocycles. The molecule has 0 atom stereocenters. The summed E-state index contributed by atoms with van der Waals surface area (Å²) in [4.78, 5) is 0. The minimum absolute atomic E-state index is 0.123. The summed E-state index contributed by atoms with van der Waals surface area (Å²) < 4.78 is 19.3. The summed E-state index contributed by atoms with van der Waals surface area (Å²) in [6, 6.07) is 29.0. The fourth-order valence-electron chi connectivity index (χ4n) is 5.56. The Bertz CT molecular complexity index is 1840. The van der Waals surface area contributed by atoms with E-state index in [-0.39, 0.29) is 5.75 Å². The smallest absolute Gasteiger partial charge is 0.221 e. The number of hydrogen-bond acceptors (Lipinski definition) is 4. The SMILES string of the molecule is CCOc1cc2cc(-c3ccc(-c4ccccc4)cc3)c3c4ccc(OC)c(OC)c4c[n+](C)c3c2cc1O. The van der Waals surface area contributed by atoms with Crippen LogP contribution in [0.15, 0.2) is 91.1 Å². The normalized spacial score (nSPS) is 11.3. The van der Waals surface area contributed by atoms with Gasteiger partial charge in [-0.2, -0.15) is 4.57 Å². The standard InChI is InChI=1S/C34H29NO4/c1-5-39-31-18-24-17-26(23-13-11-22(12-14-23)21-9-7-6-8-10-21)32-25-15-16-30(37-3)34(38-4)28(25)20-35(2)33(32)27(24)19-29(31)36/h6-20H,5H2,1-4H3/p+1. The van der Waals surface area contributed by atoms with Gasteiger partial charge in [-0.1, -0.05) is 54.6 Å². The predicted molar refractivity (Wildman–Crippen MR) is 157 cm³/mol. The van der Waals surface area contributed by atoms with Crippen molar-refractivity contribution in [2.45, 2.75) is 6.92 Å². The lowest BCUT2D eigenvalue weighted by molar-refractivity contribution is -0.642. The molecule has 0 aliphatic carbocycles.